The van der Waals surface area contributed by atoms with E-state index in [9.17, 15) is 14.9 Å². The second kappa shape index (κ2) is 7.24. The first-order valence-electron chi connectivity index (χ1n) is 7.43. The fraction of sp³-hybridized carbons (Fsp3) is 0.562. The van der Waals surface area contributed by atoms with E-state index in [0.29, 0.717) is 29.9 Å². The lowest BCUT2D eigenvalue weighted by atomic mass is 9.75. The van der Waals surface area contributed by atoms with Crippen LogP contribution in [0, 0.1) is 16.0 Å². The molecule has 0 spiro atoms. The molecule has 120 valence electrons. The molecule has 0 N–H and O–H groups in total. The third kappa shape index (κ3) is 3.37. The minimum Gasteiger partial charge on any atom is -0.493 e. The second-order valence-corrected chi connectivity index (χ2v) is 5.52. The molecule has 2 atom stereocenters. The van der Waals surface area contributed by atoms with Crippen molar-refractivity contribution in [2.75, 3.05) is 20.8 Å². The van der Waals surface area contributed by atoms with Gasteiger partial charge < -0.3 is 9.47 Å². The lowest BCUT2D eigenvalue weighted by Crippen LogP contribution is -2.30. The van der Waals surface area contributed by atoms with Crippen molar-refractivity contribution < 1.29 is 19.2 Å². The molecular weight excluding hydrogens is 286 g/mol. The molecule has 0 heterocycles. The van der Waals surface area contributed by atoms with Crippen LogP contribution in [-0.4, -0.2) is 31.5 Å². The summed E-state index contributed by atoms with van der Waals surface area (Å²) in [5, 5.41) is 11.1. The molecule has 1 aromatic rings. The highest BCUT2D eigenvalue weighted by molar-refractivity contribution is 5.82. The van der Waals surface area contributed by atoms with Gasteiger partial charge in [-0.1, -0.05) is 18.6 Å². The topological polar surface area (TPSA) is 78.7 Å². The Kier molecular flexibility index (Phi) is 5.35. The summed E-state index contributed by atoms with van der Waals surface area (Å²) in [6.07, 6.45) is 3.00. The van der Waals surface area contributed by atoms with Crippen LogP contribution in [0.1, 0.15) is 37.2 Å². The van der Waals surface area contributed by atoms with Gasteiger partial charge in [-0.2, -0.15) is 0 Å². The minimum absolute atomic E-state index is 0.114. The van der Waals surface area contributed by atoms with Crippen molar-refractivity contribution in [1.29, 1.82) is 0 Å². The average Bonchev–Trinajstić information content (AvgIpc) is 2.52. The monoisotopic (exact) mass is 307 g/mol. The van der Waals surface area contributed by atoms with E-state index < -0.39 is 5.92 Å². The molecule has 0 amide bonds. The maximum Gasteiger partial charge on any atom is 0.211 e. The van der Waals surface area contributed by atoms with Crippen LogP contribution in [0.5, 0.6) is 11.5 Å². The SMILES string of the molecule is COc1cccc([C@H](C[N+](=O)[O-])[C@@H]2CCCCC2=O)c1OC. The van der Waals surface area contributed by atoms with E-state index in [0.717, 1.165) is 12.8 Å². The Morgan fingerprint density at radius 3 is 2.68 bits per heavy atom. The molecule has 1 saturated carbocycles. The summed E-state index contributed by atoms with van der Waals surface area (Å²) in [6, 6.07) is 5.31. The highest BCUT2D eigenvalue weighted by Crippen LogP contribution is 2.41. The zero-order valence-corrected chi connectivity index (χ0v) is 12.9. The molecule has 0 bridgehead atoms. The summed E-state index contributed by atoms with van der Waals surface area (Å²) in [6.45, 7) is -0.278. The average molecular weight is 307 g/mol. The van der Waals surface area contributed by atoms with Crippen LogP contribution in [0.4, 0.5) is 0 Å². The number of nitro groups is 1. The Labute approximate surface area is 129 Å². The summed E-state index contributed by atoms with van der Waals surface area (Å²) in [7, 11) is 3.03. The molecule has 6 heteroatoms. The standard InChI is InChI=1S/C16H21NO5/c1-21-15-9-5-7-12(16(15)22-2)13(10-17(19)20)11-6-3-4-8-14(11)18/h5,7,9,11,13H,3-4,6,8,10H2,1-2H3/t11-,13+/m0/s1. The van der Waals surface area contributed by atoms with Gasteiger partial charge in [-0.3, -0.25) is 14.9 Å². The molecule has 22 heavy (non-hydrogen) atoms. The lowest BCUT2D eigenvalue weighted by molar-refractivity contribution is -0.484. The highest BCUT2D eigenvalue weighted by atomic mass is 16.6. The number of rotatable bonds is 6. The van der Waals surface area contributed by atoms with Crippen LogP contribution >= 0.6 is 0 Å². The summed E-state index contributed by atoms with van der Waals surface area (Å²) in [5.74, 6) is 0.322. The number of hydrogen-bond acceptors (Lipinski definition) is 5. The van der Waals surface area contributed by atoms with E-state index in [4.69, 9.17) is 9.47 Å². The molecule has 1 aliphatic rings. The van der Waals surface area contributed by atoms with Crippen LogP contribution in [-0.2, 0) is 4.79 Å². The van der Waals surface area contributed by atoms with Gasteiger partial charge in [-0.15, -0.1) is 0 Å². The highest BCUT2D eigenvalue weighted by Gasteiger charge is 2.36. The molecule has 0 radical (unpaired) electrons. The number of carbonyl (C=O) groups is 1. The van der Waals surface area contributed by atoms with Gasteiger partial charge in [0.1, 0.15) is 5.78 Å². The molecule has 6 nitrogen and oxygen atoms in total. The molecule has 2 rings (SSSR count). The van der Waals surface area contributed by atoms with Gasteiger partial charge in [0.15, 0.2) is 11.5 Å². The fourth-order valence-corrected chi connectivity index (χ4v) is 3.24. The summed E-state index contributed by atoms with van der Waals surface area (Å²) >= 11 is 0. The number of para-hydroxylation sites is 1. The quantitative estimate of drug-likeness (QED) is 0.596. The van der Waals surface area contributed by atoms with Crippen molar-refractivity contribution in [2.45, 2.75) is 31.6 Å². The number of carbonyl (C=O) groups excluding carboxylic acids is 1. The summed E-state index contributed by atoms with van der Waals surface area (Å²) in [4.78, 5) is 23.0. The van der Waals surface area contributed by atoms with E-state index in [1.807, 2.05) is 0 Å². The van der Waals surface area contributed by atoms with Crippen LogP contribution in [0.3, 0.4) is 0 Å². The second-order valence-electron chi connectivity index (χ2n) is 5.52. The van der Waals surface area contributed by atoms with E-state index in [1.165, 1.54) is 14.2 Å². The summed E-state index contributed by atoms with van der Waals surface area (Å²) in [5.41, 5.74) is 0.679. The van der Waals surface area contributed by atoms with Gasteiger partial charge in [-0.05, 0) is 18.9 Å². The van der Waals surface area contributed by atoms with Crippen molar-refractivity contribution in [3.63, 3.8) is 0 Å². The molecule has 0 saturated heterocycles. The Bertz CT molecular complexity index is 557. The number of ketones is 1. The Hall–Kier alpha value is -2.11. The third-order valence-corrected chi connectivity index (χ3v) is 4.27. The molecule has 0 aliphatic heterocycles. The van der Waals surface area contributed by atoms with Crippen molar-refractivity contribution in [1.82, 2.24) is 0 Å². The predicted molar refractivity (Wildman–Crippen MR) is 81.1 cm³/mol. The number of benzene rings is 1. The van der Waals surface area contributed by atoms with Crippen LogP contribution < -0.4 is 9.47 Å². The zero-order chi connectivity index (χ0) is 16.1. The largest absolute Gasteiger partial charge is 0.493 e. The van der Waals surface area contributed by atoms with Gasteiger partial charge in [0.2, 0.25) is 6.54 Å². The van der Waals surface area contributed by atoms with Crippen molar-refractivity contribution in [3.8, 4) is 11.5 Å². The van der Waals surface area contributed by atoms with Crippen molar-refractivity contribution in [3.05, 3.63) is 33.9 Å². The molecule has 0 unspecified atom stereocenters. The van der Waals surface area contributed by atoms with E-state index >= 15 is 0 Å². The molecular formula is C16H21NO5. The number of ether oxygens (including phenoxy) is 2. The minimum atomic E-state index is -0.479. The lowest BCUT2D eigenvalue weighted by Gasteiger charge is -2.28. The maximum atomic E-state index is 12.2. The fourth-order valence-electron chi connectivity index (χ4n) is 3.24. The predicted octanol–water partition coefficient (Wildman–Crippen LogP) is 2.82. The first kappa shape index (κ1) is 16.3. The third-order valence-electron chi connectivity index (χ3n) is 4.27. The van der Waals surface area contributed by atoms with Gasteiger partial charge in [0.05, 0.1) is 20.1 Å². The number of hydrogen-bond donors (Lipinski definition) is 0. The number of nitrogens with zero attached hydrogens (tertiary/aromatic N) is 1. The van der Waals surface area contributed by atoms with Gasteiger partial charge in [0.25, 0.3) is 0 Å². The van der Waals surface area contributed by atoms with Crippen LogP contribution in [0.2, 0.25) is 0 Å². The van der Waals surface area contributed by atoms with Gasteiger partial charge >= 0.3 is 0 Å². The molecule has 1 aromatic carbocycles. The first-order valence-corrected chi connectivity index (χ1v) is 7.43. The van der Waals surface area contributed by atoms with E-state index in [1.54, 1.807) is 18.2 Å². The van der Waals surface area contributed by atoms with Crippen LogP contribution in [0.15, 0.2) is 18.2 Å². The summed E-state index contributed by atoms with van der Waals surface area (Å²) < 4.78 is 10.7. The van der Waals surface area contributed by atoms with Crippen LogP contribution in [0.25, 0.3) is 0 Å². The van der Waals surface area contributed by atoms with Crippen molar-refractivity contribution >= 4 is 5.78 Å². The Morgan fingerprint density at radius 2 is 2.09 bits per heavy atom. The number of methoxy groups -OCH3 is 2. The van der Waals surface area contributed by atoms with E-state index in [2.05, 4.69) is 0 Å². The molecule has 1 fully saturated rings. The molecule has 1 aliphatic carbocycles. The Morgan fingerprint density at radius 1 is 1.32 bits per heavy atom. The van der Waals surface area contributed by atoms with Gasteiger partial charge in [-0.25, -0.2) is 0 Å². The molecule has 0 aromatic heterocycles. The first-order chi connectivity index (χ1) is 10.6. The van der Waals surface area contributed by atoms with Gasteiger partial charge in [0, 0.05) is 22.8 Å². The van der Waals surface area contributed by atoms with Crippen molar-refractivity contribution in [2.24, 2.45) is 5.92 Å². The smallest absolute Gasteiger partial charge is 0.211 e. The Balaban J connectivity index is 2.45. The van der Waals surface area contributed by atoms with E-state index in [-0.39, 0.29) is 23.2 Å². The maximum absolute atomic E-state index is 12.2. The number of Topliss-reactive ketones (excluding diaryl/α,β-unsaturated/α-hetero) is 1. The zero-order valence-electron chi connectivity index (χ0n) is 12.9. The normalized spacial score (nSPS) is 19.5.